The summed E-state index contributed by atoms with van der Waals surface area (Å²) in [6.07, 6.45) is 1.98. The maximum absolute atomic E-state index is 12.2. The molecule has 0 radical (unpaired) electrons. The first-order chi connectivity index (χ1) is 9.20. The lowest BCUT2D eigenvalue weighted by molar-refractivity contribution is 0.0975. The van der Waals surface area contributed by atoms with Gasteiger partial charge in [-0.05, 0) is 13.3 Å². The van der Waals surface area contributed by atoms with E-state index in [-0.39, 0.29) is 11.8 Å². The standard InChI is InChI=1S/C14H17N3OS/c1-3-7-12-16-17-14(19-12)15-10(2)13(18)11-8-5-4-6-9-11/h4-6,8-10H,3,7H2,1-2H3,(H,15,17). The van der Waals surface area contributed by atoms with Gasteiger partial charge in [-0.25, -0.2) is 0 Å². The van der Waals surface area contributed by atoms with E-state index in [1.807, 2.05) is 37.3 Å². The number of hydrogen-bond donors (Lipinski definition) is 1. The summed E-state index contributed by atoms with van der Waals surface area (Å²) in [5, 5.41) is 13.0. The SMILES string of the molecule is CCCc1nnc(NC(C)C(=O)c2ccccc2)s1. The lowest BCUT2D eigenvalue weighted by Gasteiger charge is -2.11. The second-order valence-electron chi connectivity index (χ2n) is 4.35. The summed E-state index contributed by atoms with van der Waals surface area (Å²) in [7, 11) is 0. The predicted octanol–water partition coefficient (Wildman–Crippen LogP) is 3.17. The molecule has 0 amide bonds. The summed E-state index contributed by atoms with van der Waals surface area (Å²) in [5.74, 6) is 0.0628. The number of carbonyl (C=O) groups excluding carboxylic acids is 1. The van der Waals surface area contributed by atoms with Crippen molar-refractivity contribution in [2.45, 2.75) is 32.7 Å². The second kappa shape index (κ2) is 6.43. The molecule has 1 unspecified atom stereocenters. The molecule has 0 fully saturated rings. The van der Waals surface area contributed by atoms with E-state index in [4.69, 9.17) is 0 Å². The minimum Gasteiger partial charge on any atom is -0.350 e. The number of carbonyl (C=O) groups is 1. The molecule has 2 rings (SSSR count). The molecule has 1 heterocycles. The molecule has 0 saturated carbocycles. The van der Waals surface area contributed by atoms with Crippen LogP contribution in [-0.4, -0.2) is 22.0 Å². The van der Waals surface area contributed by atoms with Crippen LogP contribution in [0.5, 0.6) is 0 Å². The number of nitrogens with zero attached hydrogens (tertiary/aromatic N) is 2. The molecule has 5 heteroatoms. The van der Waals surface area contributed by atoms with E-state index in [1.54, 1.807) is 0 Å². The van der Waals surface area contributed by atoms with Crippen LogP contribution in [0.1, 0.15) is 35.6 Å². The molecular formula is C14H17N3OS. The lowest BCUT2D eigenvalue weighted by Crippen LogP contribution is -2.26. The molecule has 1 aromatic carbocycles. The molecular weight excluding hydrogens is 258 g/mol. The summed E-state index contributed by atoms with van der Waals surface area (Å²) < 4.78 is 0. The summed E-state index contributed by atoms with van der Waals surface area (Å²) in [5.41, 5.74) is 0.709. The van der Waals surface area contributed by atoms with Crippen molar-refractivity contribution in [2.24, 2.45) is 0 Å². The van der Waals surface area contributed by atoms with Crippen LogP contribution < -0.4 is 5.32 Å². The fourth-order valence-corrected chi connectivity index (χ4v) is 2.66. The fourth-order valence-electron chi connectivity index (χ4n) is 1.73. The molecule has 0 aliphatic carbocycles. The zero-order valence-electron chi connectivity index (χ0n) is 11.1. The zero-order valence-corrected chi connectivity index (χ0v) is 11.9. The third-order valence-corrected chi connectivity index (χ3v) is 3.64. The number of nitrogens with one attached hydrogen (secondary N) is 1. The number of anilines is 1. The summed E-state index contributed by atoms with van der Waals surface area (Å²) in [6, 6.07) is 8.97. The van der Waals surface area contributed by atoms with E-state index in [1.165, 1.54) is 11.3 Å². The highest BCUT2D eigenvalue weighted by Gasteiger charge is 2.16. The smallest absolute Gasteiger partial charge is 0.206 e. The molecule has 4 nitrogen and oxygen atoms in total. The molecule has 1 N–H and O–H groups in total. The summed E-state index contributed by atoms with van der Waals surface area (Å²) in [6.45, 7) is 3.95. The highest BCUT2D eigenvalue weighted by atomic mass is 32.1. The number of hydrogen-bond acceptors (Lipinski definition) is 5. The van der Waals surface area contributed by atoms with Gasteiger partial charge < -0.3 is 5.32 Å². The molecule has 100 valence electrons. The van der Waals surface area contributed by atoms with Crippen molar-refractivity contribution in [1.82, 2.24) is 10.2 Å². The van der Waals surface area contributed by atoms with Crippen LogP contribution in [0.2, 0.25) is 0 Å². The van der Waals surface area contributed by atoms with Gasteiger partial charge in [-0.15, -0.1) is 10.2 Å². The van der Waals surface area contributed by atoms with E-state index in [0.717, 1.165) is 17.8 Å². The minimum atomic E-state index is -0.301. The van der Waals surface area contributed by atoms with Crippen molar-refractivity contribution in [3.05, 3.63) is 40.9 Å². The molecule has 0 aliphatic rings. The van der Waals surface area contributed by atoms with Crippen LogP contribution >= 0.6 is 11.3 Å². The first-order valence-corrected chi connectivity index (χ1v) is 7.20. The average Bonchev–Trinajstić information content (AvgIpc) is 2.86. The van der Waals surface area contributed by atoms with Crippen molar-refractivity contribution in [3.8, 4) is 0 Å². The van der Waals surface area contributed by atoms with E-state index in [9.17, 15) is 4.79 Å². The van der Waals surface area contributed by atoms with Gasteiger partial charge in [-0.2, -0.15) is 0 Å². The van der Waals surface area contributed by atoms with Crippen LogP contribution in [0, 0.1) is 0 Å². The Morgan fingerprint density at radius 2 is 2.05 bits per heavy atom. The number of benzene rings is 1. The van der Waals surface area contributed by atoms with Crippen molar-refractivity contribution >= 4 is 22.3 Å². The van der Waals surface area contributed by atoms with Gasteiger partial charge >= 0.3 is 0 Å². The highest BCUT2D eigenvalue weighted by Crippen LogP contribution is 2.18. The molecule has 0 aliphatic heterocycles. The Morgan fingerprint density at radius 1 is 1.32 bits per heavy atom. The first-order valence-electron chi connectivity index (χ1n) is 6.39. The Morgan fingerprint density at radius 3 is 2.74 bits per heavy atom. The Balaban J connectivity index is 2.00. The molecule has 0 bridgehead atoms. The molecule has 1 atom stereocenters. The number of rotatable bonds is 6. The summed E-state index contributed by atoms with van der Waals surface area (Å²) in [4.78, 5) is 12.2. The van der Waals surface area contributed by atoms with Crippen LogP contribution in [-0.2, 0) is 6.42 Å². The van der Waals surface area contributed by atoms with Crippen LogP contribution in [0.15, 0.2) is 30.3 Å². The Kier molecular flexibility index (Phi) is 4.63. The van der Waals surface area contributed by atoms with E-state index >= 15 is 0 Å². The van der Waals surface area contributed by atoms with Crippen LogP contribution in [0.4, 0.5) is 5.13 Å². The van der Waals surface area contributed by atoms with Gasteiger partial charge in [-0.3, -0.25) is 4.79 Å². The molecule has 2 aromatic rings. The summed E-state index contributed by atoms with van der Waals surface area (Å²) >= 11 is 1.51. The van der Waals surface area contributed by atoms with Crippen LogP contribution in [0.3, 0.4) is 0 Å². The Hall–Kier alpha value is -1.75. The Bertz CT molecular complexity index is 539. The number of Topliss-reactive ketones (excluding diaryl/α,β-unsaturated/α-hetero) is 1. The first kappa shape index (κ1) is 13.7. The quantitative estimate of drug-likeness (QED) is 0.823. The molecule has 0 saturated heterocycles. The predicted molar refractivity (Wildman–Crippen MR) is 77.8 cm³/mol. The van der Waals surface area contributed by atoms with Gasteiger partial charge in [0.2, 0.25) is 5.13 Å². The lowest BCUT2D eigenvalue weighted by atomic mass is 10.1. The van der Waals surface area contributed by atoms with Crippen molar-refractivity contribution in [1.29, 1.82) is 0 Å². The second-order valence-corrected chi connectivity index (χ2v) is 5.41. The normalized spacial score (nSPS) is 12.1. The topological polar surface area (TPSA) is 54.9 Å². The number of aromatic nitrogens is 2. The van der Waals surface area contributed by atoms with E-state index < -0.39 is 0 Å². The molecule has 19 heavy (non-hydrogen) atoms. The maximum atomic E-state index is 12.2. The molecule has 1 aromatic heterocycles. The van der Waals surface area contributed by atoms with Gasteiger partial charge in [0.25, 0.3) is 0 Å². The van der Waals surface area contributed by atoms with Gasteiger partial charge in [0.15, 0.2) is 5.78 Å². The minimum absolute atomic E-state index is 0.0628. The Labute approximate surface area is 116 Å². The largest absolute Gasteiger partial charge is 0.350 e. The van der Waals surface area contributed by atoms with Gasteiger partial charge in [0, 0.05) is 12.0 Å². The van der Waals surface area contributed by atoms with E-state index in [0.29, 0.717) is 10.7 Å². The third kappa shape index (κ3) is 3.61. The van der Waals surface area contributed by atoms with Crippen LogP contribution in [0.25, 0.3) is 0 Å². The van der Waals surface area contributed by atoms with Gasteiger partial charge in [0.05, 0.1) is 6.04 Å². The highest BCUT2D eigenvalue weighted by molar-refractivity contribution is 7.15. The fraction of sp³-hybridized carbons (Fsp3) is 0.357. The zero-order chi connectivity index (χ0) is 13.7. The van der Waals surface area contributed by atoms with E-state index in [2.05, 4.69) is 22.4 Å². The van der Waals surface area contributed by atoms with Crippen molar-refractivity contribution in [3.63, 3.8) is 0 Å². The van der Waals surface area contributed by atoms with Crippen molar-refractivity contribution in [2.75, 3.05) is 5.32 Å². The maximum Gasteiger partial charge on any atom is 0.206 e. The van der Waals surface area contributed by atoms with Crippen molar-refractivity contribution < 1.29 is 4.79 Å². The molecule has 0 spiro atoms. The average molecular weight is 275 g/mol. The number of aryl methyl sites for hydroxylation is 1. The van der Waals surface area contributed by atoms with Gasteiger partial charge in [0.1, 0.15) is 5.01 Å². The third-order valence-electron chi connectivity index (χ3n) is 2.72. The number of ketones is 1. The van der Waals surface area contributed by atoms with Gasteiger partial charge in [-0.1, -0.05) is 48.6 Å². The monoisotopic (exact) mass is 275 g/mol.